The van der Waals surface area contributed by atoms with Crippen molar-refractivity contribution in [1.29, 1.82) is 0 Å². The summed E-state index contributed by atoms with van der Waals surface area (Å²) in [6.07, 6.45) is 6.87. The number of hydrogen-bond acceptors (Lipinski definition) is 3. The van der Waals surface area contributed by atoms with Gasteiger partial charge >= 0.3 is 0 Å². The number of rotatable bonds is 6. The third-order valence-electron chi connectivity index (χ3n) is 4.31. The summed E-state index contributed by atoms with van der Waals surface area (Å²) in [5.74, 6) is 1.75. The molecule has 0 aromatic rings. The van der Waals surface area contributed by atoms with Gasteiger partial charge in [0.2, 0.25) is 0 Å². The van der Waals surface area contributed by atoms with Crippen LogP contribution < -0.4 is 5.73 Å². The maximum absolute atomic E-state index is 12.5. The number of ether oxygens (including phenoxy) is 1. The van der Waals surface area contributed by atoms with Crippen LogP contribution in [0.4, 0.5) is 0 Å². The van der Waals surface area contributed by atoms with Crippen LogP contribution in [0.15, 0.2) is 0 Å². The van der Waals surface area contributed by atoms with E-state index in [9.17, 15) is 4.79 Å². The lowest BCUT2D eigenvalue weighted by atomic mass is 10.1. The van der Waals surface area contributed by atoms with Crippen LogP contribution in [-0.4, -0.2) is 42.6 Å². The first kappa shape index (κ1) is 12.4. The van der Waals surface area contributed by atoms with Crippen LogP contribution in [0.2, 0.25) is 0 Å². The summed E-state index contributed by atoms with van der Waals surface area (Å²) in [6.45, 7) is 2.46. The van der Waals surface area contributed by atoms with E-state index in [4.69, 9.17) is 10.5 Å². The van der Waals surface area contributed by atoms with E-state index in [2.05, 4.69) is 4.90 Å². The van der Waals surface area contributed by atoms with Crippen LogP contribution in [0.1, 0.15) is 38.5 Å². The molecule has 18 heavy (non-hydrogen) atoms. The van der Waals surface area contributed by atoms with Crippen LogP contribution >= 0.6 is 0 Å². The SMILES string of the molecule is NCC1CCC(C(=O)N(CC2CC2)CC2CC2)O1. The highest BCUT2D eigenvalue weighted by atomic mass is 16.5. The number of nitrogens with zero attached hydrogens (tertiary/aromatic N) is 1. The molecule has 2 saturated carbocycles. The fourth-order valence-electron chi connectivity index (χ4n) is 2.74. The number of carbonyl (C=O) groups is 1. The zero-order valence-electron chi connectivity index (χ0n) is 11.0. The number of carbonyl (C=O) groups excluding carboxylic acids is 1. The van der Waals surface area contributed by atoms with E-state index in [1.165, 1.54) is 25.7 Å². The maximum atomic E-state index is 12.5. The molecule has 1 heterocycles. The fraction of sp³-hybridized carbons (Fsp3) is 0.929. The molecule has 1 saturated heterocycles. The van der Waals surface area contributed by atoms with Gasteiger partial charge in [-0.1, -0.05) is 0 Å². The van der Waals surface area contributed by atoms with Crippen molar-refractivity contribution in [3.05, 3.63) is 0 Å². The lowest BCUT2D eigenvalue weighted by Crippen LogP contribution is -2.42. The highest BCUT2D eigenvalue weighted by Crippen LogP contribution is 2.34. The Kier molecular flexibility index (Phi) is 3.57. The molecule has 2 N–H and O–H groups in total. The lowest BCUT2D eigenvalue weighted by Gasteiger charge is -2.25. The summed E-state index contributed by atoms with van der Waals surface area (Å²) in [5, 5.41) is 0. The summed E-state index contributed by atoms with van der Waals surface area (Å²) in [6, 6.07) is 0. The molecule has 2 unspecified atom stereocenters. The van der Waals surface area contributed by atoms with Gasteiger partial charge in [-0.3, -0.25) is 4.79 Å². The average Bonchev–Trinajstić information content (AvgIpc) is 3.29. The van der Waals surface area contributed by atoms with Crippen molar-refractivity contribution in [2.45, 2.75) is 50.7 Å². The highest BCUT2D eigenvalue weighted by Gasteiger charge is 2.37. The summed E-state index contributed by atoms with van der Waals surface area (Å²) in [5.41, 5.74) is 5.60. The van der Waals surface area contributed by atoms with Crippen molar-refractivity contribution in [3.8, 4) is 0 Å². The second-order valence-electron chi connectivity index (χ2n) is 6.19. The molecule has 0 bridgehead atoms. The van der Waals surface area contributed by atoms with Gasteiger partial charge in [0.05, 0.1) is 6.10 Å². The third kappa shape index (κ3) is 3.04. The second kappa shape index (κ2) is 5.17. The first-order chi connectivity index (χ1) is 8.76. The lowest BCUT2D eigenvalue weighted by molar-refractivity contribution is -0.143. The third-order valence-corrected chi connectivity index (χ3v) is 4.31. The van der Waals surface area contributed by atoms with Crippen LogP contribution in [0.25, 0.3) is 0 Å². The number of nitrogens with two attached hydrogens (primary N) is 1. The van der Waals surface area contributed by atoms with Crippen LogP contribution in [-0.2, 0) is 9.53 Å². The maximum Gasteiger partial charge on any atom is 0.251 e. The van der Waals surface area contributed by atoms with Crippen molar-refractivity contribution in [2.75, 3.05) is 19.6 Å². The molecule has 4 nitrogen and oxygen atoms in total. The molecule has 1 aliphatic heterocycles. The normalized spacial score (nSPS) is 31.6. The van der Waals surface area contributed by atoms with Crippen molar-refractivity contribution < 1.29 is 9.53 Å². The zero-order valence-corrected chi connectivity index (χ0v) is 11.0. The van der Waals surface area contributed by atoms with Crippen molar-refractivity contribution in [1.82, 2.24) is 4.90 Å². The Balaban J connectivity index is 1.55. The molecule has 2 aliphatic carbocycles. The van der Waals surface area contributed by atoms with Crippen molar-refractivity contribution in [3.63, 3.8) is 0 Å². The molecule has 3 fully saturated rings. The Morgan fingerprint density at radius 2 is 1.67 bits per heavy atom. The van der Waals surface area contributed by atoms with Crippen LogP contribution in [0.3, 0.4) is 0 Å². The largest absolute Gasteiger partial charge is 0.364 e. The van der Waals surface area contributed by atoms with E-state index >= 15 is 0 Å². The van der Waals surface area contributed by atoms with E-state index in [1.54, 1.807) is 0 Å². The molecule has 4 heteroatoms. The second-order valence-corrected chi connectivity index (χ2v) is 6.19. The number of hydrogen-bond donors (Lipinski definition) is 1. The van der Waals surface area contributed by atoms with Gasteiger partial charge in [-0.05, 0) is 50.4 Å². The van der Waals surface area contributed by atoms with Gasteiger partial charge in [-0.25, -0.2) is 0 Å². The quantitative estimate of drug-likeness (QED) is 0.771. The van der Waals surface area contributed by atoms with Crippen LogP contribution in [0.5, 0.6) is 0 Å². The van der Waals surface area contributed by atoms with Gasteiger partial charge in [0, 0.05) is 19.6 Å². The van der Waals surface area contributed by atoms with Gasteiger partial charge in [0.15, 0.2) is 0 Å². The van der Waals surface area contributed by atoms with E-state index in [0.29, 0.717) is 6.54 Å². The highest BCUT2D eigenvalue weighted by molar-refractivity contribution is 5.81. The Morgan fingerprint density at radius 1 is 1.06 bits per heavy atom. The topological polar surface area (TPSA) is 55.6 Å². The Morgan fingerprint density at radius 3 is 2.11 bits per heavy atom. The van der Waals surface area contributed by atoms with E-state index in [-0.39, 0.29) is 18.1 Å². The van der Waals surface area contributed by atoms with E-state index in [1.807, 2.05) is 0 Å². The molecule has 3 aliphatic rings. The molecular formula is C14H24N2O2. The molecule has 102 valence electrons. The molecular weight excluding hydrogens is 228 g/mol. The Bertz CT molecular complexity index is 299. The molecule has 1 amide bonds. The molecule has 2 atom stereocenters. The minimum absolute atomic E-state index is 0.0997. The standard InChI is InChI=1S/C14H24N2O2/c15-7-12-5-6-13(18-12)14(17)16(8-10-1-2-10)9-11-3-4-11/h10-13H,1-9,15H2. The molecule has 0 aromatic carbocycles. The Hall–Kier alpha value is -0.610. The van der Waals surface area contributed by atoms with Gasteiger partial charge in [0.25, 0.3) is 5.91 Å². The van der Waals surface area contributed by atoms with E-state index < -0.39 is 0 Å². The predicted molar refractivity (Wildman–Crippen MR) is 69.0 cm³/mol. The van der Waals surface area contributed by atoms with Crippen LogP contribution in [0, 0.1) is 11.8 Å². The average molecular weight is 252 g/mol. The molecule has 0 radical (unpaired) electrons. The minimum atomic E-state index is -0.212. The molecule has 3 rings (SSSR count). The smallest absolute Gasteiger partial charge is 0.251 e. The monoisotopic (exact) mass is 252 g/mol. The number of amides is 1. The predicted octanol–water partition coefficient (Wildman–Crippen LogP) is 1.14. The van der Waals surface area contributed by atoms with E-state index in [0.717, 1.165) is 37.8 Å². The van der Waals surface area contributed by atoms with Gasteiger partial charge in [-0.15, -0.1) is 0 Å². The first-order valence-corrected chi connectivity index (χ1v) is 7.40. The zero-order chi connectivity index (χ0) is 12.5. The van der Waals surface area contributed by atoms with Crippen molar-refractivity contribution >= 4 is 5.91 Å². The van der Waals surface area contributed by atoms with Gasteiger partial charge in [-0.2, -0.15) is 0 Å². The van der Waals surface area contributed by atoms with Gasteiger partial charge in [0.1, 0.15) is 6.10 Å². The Labute approximate surface area is 109 Å². The summed E-state index contributed by atoms with van der Waals surface area (Å²) >= 11 is 0. The minimum Gasteiger partial charge on any atom is -0.364 e. The summed E-state index contributed by atoms with van der Waals surface area (Å²) < 4.78 is 5.74. The molecule has 0 spiro atoms. The van der Waals surface area contributed by atoms with Gasteiger partial charge < -0.3 is 15.4 Å². The first-order valence-electron chi connectivity index (χ1n) is 7.40. The van der Waals surface area contributed by atoms with Crippen molar-refractivity contribution in [2.24, 2.45) is 17.6 Å². The molecule has 0 aromatic heterocycles. The summed E-state index contributed by atoms with van der Waals surface area (Å²) in [7, 11) is 0. The fourth-order valence-corrected chi connectivity index (χ4v) is 2.74. The summed E-state index contributed by atoms with van der Waals surface area (Å²) in [4.78, 5) is 14.6.